The highest BCUT2D eigenvalue weighted by Crippen LogP contribution is 2.10. The van der Waals surface area contributed by atoms with Gasteiger partial charge in [-0.25, -0.2) is 0 Å². The maximum absolute atomic E-state index is 10.9. The Morgan fingerprint density at radius 3 is 2.73 bits per heavy atom. The van der Waals surface area contributed by atoms with Crippen molar-refractivity contribution in [3.8, 4) is 0 Å². The van der Waals surface area contributed by atoms with Gasteiger partial charge in [0.15, 0.2) is 0 Å². The van der Waals surface area contributed by atoms with Crippen molar-refractivity contribution in [2.75, 3.05) is 0 Å². The molecule has 0 radical (unpaired) electrons. The molecule has 0 saturated carbocycles. The third kappa shape index (κ3) is 4.49. The molecule has 0 bridgehead atoms. The third-order valence-corrected chi connectivity index (χ3v) is 1.85. The minimum atomic E-state index is -0.263. The van der Waals surface area contributed by atoms with Crippen LogP contribution < -0.4 is 0 Å². The fraction of sp³-hybridized carbons (Fsp3) is 0.417. The van der Waals surface area contributed by atoms with Crippen molar-refractivity contribution >= 4 is 5.97 Å². The van der Waals surface area contributed by atoms with Crippen LogP contribution in [0.2, 0.25) is 0 Å². The van der Waals surface area contributed by atoms with Crippen LogP contribution >= 0.6 is 0 Å². The molecule has 1 unspecified atom stereocenters. The summed E-state index contributed by atoms with van der Waals surface area (Å²) in [6.45, 7) is 5.37. The molecule has 0 spiro atoms. The molecule has 0 fully saturated rings. The fourth-order valence-corrected chi connectivity index (χ4v) is 1.36. The van der Waals surface area contributed by atoms with E-state index < -0.39 is 0 Å². The van der Waals surface area contributed by atoms with E-state index in [1.54, 1.807) is 12.5 Å². The Morgan fingerprint density at radius 2 is 2.27 bits per heavy atom. The fourth-order valence-electron chi connectivity index (χ4n) is 1.36. The van der Waals surface area contributed by atoms with Crippen molar-refractivity contribution in [1.29, 1.82) is 0 Å². The van der Waals surface area contributed by atoms with Gasteiger partial charge in [-0.1, -0.05) is 5.57 Å². The number of furan rings is 1. The number of ether oxygens (including phenoxy) is 1. The first-order valence-electron chi connectivity index (χ1n) is 4.91. The number of rotatable bonds is 4. The number of esters is 1. The van der Waals surface area contributed by atoms with Crippen molar-refractivity contribution in [2.24, 2.45) is 0 Å². The van der Waals surface area contributed by atoms with Gasteiger partial charge in [-0.15, -0.1) is 0 Å². The quantitative estimate of drug-likeness (QED) is 0.564. The van der Waals surface area contributed by atoms with E-state index in [1.807, 2.05) is 26.0 Å². The van der Waals surface area contributed by atoms with Crippen LogP contribution in [0, 0.1) is 0 Å². The van der Waals surface area contributed by atoms with E-state index >= 15 is 0 Å². The van der Waals surface area contributed by atoms with Gasteiger partial charge in [-0.05, 0) is 31.6 Å². The molecule has 3 heteroatoms. The molecule has 3 nitrogen and oxygen atoms in total. The van der Waals surface area contributed by atoms with Crippen molar-refractivity contribution in [3.05, 3.63) is 35.8 Å². The Morgan fingerprint density at radius 1 is 1.53 bits per heavy atom. The van der Waals surface area contributed by atoms with Crippen molar-refractivity contribution < 1.29 is 13.9 Å². The molecule has 1 atom stereocenters. The Kier molecular flexibility index (Phi) is 4.16. The smallest absolute Gasteiger partial charge is 0.303 e. The van der Waals surface area contributed by atoms with Crippen LogP contribution in [0.3, 0.4) is 0 Å². The molecule has 82 valence electrons. The van der Waals surface area contributed by atoms with Gasteiger partial charge in [0.25, 0.3) is 0 Å². The molecule has 0 amide bonds. The summed E-state index contributed by atoms with van der Waals surface area (Å²) in [4.78, 5) is 10.9. The monoisotopic (exact) mass is 208 g/mol. The summed E-state index contributed by atoms with van der Waals surface area (Å²) in [5, 5.41) is 0. The predicted molar refractivity (Wildman–Crippen MR) is 57.4 cm³/mol. The maximum atomic E-state index is 10.9. The van der Waals surface area contributed by atoms with Gasteiger partial charge >= 0.3 is 5.97 Å². The van der Waals surface area contributed by atoms with E-state index in [9.17, 15) is 4.79 Å². The van der Waals surface area contributed by atoms with Crippen LogP contribution in [0.15, 0.2) is 34.7 Å². The zero-order valence-corrected chi connectivity index (χ0v) is 9.32. The second kappa shape index (κ2) is 5.39. The number of allylic oxidation sites excluding steroid dienone is 1. The summed E-state index contributed by atoms with van der Waals surface area (Å²) >= 11 is 0. The Hall–Kier alpha value is -1.51. The lowest BCUT2D eigenvalue weighted by Gasteiger charge is -2.12. The van der Waals surface area contributed by atoms with Crippen LogP contribution in [0.1, 0.15) is 26.3 Å². The second-order valence-corrected chi connectivity index (χ2v) is 3.73. The van der Waals surface area contributed by atoms with E-state index in [0.717, 1.165) is 11.1 Å². The van der Waals surface area contributed by atoms with Crippen LogP contribution in [0.5, 0.6) is 0 Å². The molecule has 1 aromatic rings. The molecule has 1 rings (SSSR count). The topological polar surface area (TPSA) is 39.4 Å². The van der Waals surface area contributed by atoms with Gasteiger partial charge < -0.3 is 9.15 Å². The number of carbonyl (C=O) groups excluding carboxylic acids is 1. The molecule has 15 heavy (non-hydrogen) atoms. The highest BCUT2D eigenvalue weighted by Gasteiger charge is 2.10. The summed E-state index contributed by atoms with van der Waals surface area (Å²) in [6.07, 6.45) is 5.67. The van der Waals surface area contributed by atoms with Gasteiger partial charge in [-0.2, -0.15) is 0 Å². The lowest BCUT2D eigenvalue weighted by molar-refractivity contribution is -0.144. The SMILES string of the molecule is CC(=O)OC(C=C(C)C)Cc1ccoc1. The first kappa shape index (κ1) is 11.6. The van der Waals surface area contributed by atoms with Crippen LogP contribution in [-0.2, 0) is 16.0 Å². The minimum Gasteiger partial charge on any atom is -0.472 e. The Labute approximate surface area is 89.7 Å². The van der Waals surface area contributed by atoms with Gasteiger partial charge in [0.1, 0.15) is 6.10 Å². The highest BCUT2D eigenvalue weighted by molar-refractivity contribution is 5.66. The van der Waals surface area contributed by atoms with Gasteiger partial charge in [0, 0.05) is 13.3 Å². The maximum Gasteiger partial charge on any atom is 0.303 e. The Balaban J connectivity index is 2.64. The molecule has 0 aromatic carbocycles. The van der Waals surface area contributed by atoms with Gasteiger partial charge in [-0.3, -0.25) is 4.79 Å². The molecular weight excluding hydrogens is 192 g/mol. The molecule has 0 aliphatic heterocycles. The van der Waals surface area contributed by atoms with Crippen LogP contribution in [0.25, 0.3) is 0 Å². The summed E-state index contributed by atoms with van der Waals surface area (Å²) in [5.41, 5.74) is 2.16. The molecule has 1 aromatic heterocycles. The molecule has 0 saturated heterocycles. The third-order valence-electron chi connectivity index (χ3n) is 1.85. The molecule has 1 heterocycles. The van der Waals surface area contributed by atoms with Crippen molar-refractivity contribution in [2.45, 2.75) is 33.3 Å². The summed E-state index contributed by atoms with van der Waals surface area (Å²) < 4.78 is 10.1. The van der Waals surface area contributed by atoms with E-state index in [4.69, 9.17) is 9.15 Å². The molecule has 0 N–H and O–H groups in total. The van der Waals surface area contributed by atoms with E-state index in [-0.39, 0.29) is 12.1 Å². The zero-order chi connectivity index (χ0) is 11.3. The second-order valence-electron chi connectivity index (χ2n) is 3.73. The lowest BCUT2D eigenvalue weighted by Crippen LogP contribution is -2.16. The van der Waals surface area contributed by atoms with E-state index in [0.29, 0.717) is 6.42 Å². The summed E-state index contributed by atoms with van der Waals surface area (Å²) in [6, 6.07) is 1.87. The molecule has 0 aliphatic rings. The number of hydrogen-bond acceptors (Lipinski definition) is 3. The van der Waals surface area contributed by atoms with Crippen molar-refractivity contribution in [1.82, 2.24) is 0 Å². The largest absolute Gasteiger partial charge is 0.472 e. The summed E-state index contributed by atoms with van der Waals surface area (Å²) in [7, 11) is 0. The number of carbonyl (C=O) groups is 1. The van der Waals surface area contributed by atoms with Gasteiger partial charge in [0.05, 0.1) is 12.5 Å². The minimum absolute atomic E-state index is 0.204. The summed E-state index contributed by atoms with van der Waals surface area (Å²) in [5.74, 6) is -0.263. The lowest BCUT2D eigenvalue weighted by atomic mass is 10.1. The van der Waals surface area contributed by atoms with Gasteiger partial charge in [0.2, 0.25) is 0 Å². The average Bonchev–Trinajstić information content (AvgIpc) is 2.53. The molecular formula is C12H16O3. The predicted octanol–water partition coefficient (Wildman–Crippen LogP) is 2.72. The van der Waals surface area contributed by atoms with E-state index in [1.165, 1.54) is 6.92 Å². The van der Waals surface area contributed by atoms with Crippen molar-refractivity contribution in [3.63, 3.8) is 0 Å². The molecule has 0 aliphatic carbocycles. The average molecular weight is 208 g/mol. The Bertz CT molecular complexity index is 332. The highest BCUT2D eigenvalue weighted by atomic mass is 16.5. The van der Waals surface area contributed by atoms with Crippen LogP contribution in [-0.4, -0.2) is 12.1 Å². The first-order valence-corrected chi connectivity index (χ1v) is 4.91. The number of hydrogen-bond donors (Lipinski definition) is 0. The zero-order valence-electron chi connectivity index (χ0n) is 9.32. The first-order chi connectivity index (χ1) is 7.08. The standard InChI is InChI=1S/C12H16O3/c1-9(2)6-12(15-10(3)13)7-11-4-5-14-8-11/h4-6,8,12H,7H2,1-3H3. The normalized spacial score (nSPS) is 11.9. The van der Waals surface area contributed by atoms with E-state index in [2.05, 4.69) is 0 Å². The van der Waals surface area contributed by atoms with Crippen LogP contribution in [0.4, 0.5) is 0 Å².